The van der Waals surface area contributed by atoms with Crippen LogP contribution in [-0.2, 0) is 70.8 Å². The van der Waals surface area contributed by atoms with E-state index in [0.29, 0.717) is 0 Å². The van der Waals surface area contributed by atoms with Gasteiger partial charge in [-0.25, -0.2) is 23.3 Å². The third-order valence-corrected chi connectivity index (χ3v) is 12.3. The molecule has 11 aromatic carbocycles. The summed E-state index contributed by atoms with van der Waals surface area (Å²) in [7, 11) is 0. The van der Waals surface area contributed by atoms with E-state index in [0.717, 1.165) is 16.7 Å². The zero-order valence-electron chi connectivity index (χ0n) is 57.1. The Morgan fingerprint density at radius 1 is 0.299 bits per heavy atom. The Morgan fingerprint density at radius 3 is 0.954 bits per heavy atom. The van der Waals surface area contributed by atoms with Gasteiger partial charge in [-0.1, -0.05) is 308 Å². The third kappa shape index (κ3) is 23.7. The van der Waals surface area contributed by atoms with Crippen molar-refractivity contribution in [2.45, 2.75) is 144 Å². The van der Waals surface area contributed by atoms with Crippen LogP contribution in [0.3, 0.4) is 0 Å². The number of hydrogen-bond acceptors (Lipinski definition) is 0. The van der Waals surface area contributed by atoms with Gasteiger partial charge >= 0.3 is 0 Å². The van der Waals surface area contributed by atoms with Crippen molar-refractivity contribution in [1.82, 2.24) is 0 Å². The van der Waals surface area contributed by atoms with Gasteiger partial charge in [-0.2, -0.15) is 60.7 Å². The number of hydrogen-bond donors (Lipinski definition) is 0. The summed E-state index contributed by atoms with van der Waals surface area (Å²) in [5, 5.41) is 7.84. The first-order valence-electron chi connectivity index (χ1n) is 32.0. The molecule has 0 spiro atoms. The van der Waals surface area contributed by atoms with Crippen LogP contribution in [0.5, 0.6) is 0 Å². The molecule has 0 amide bonds. The van der Waals surface area contributed by atoms with Gasteiger partial charge in [0.2, 0.25) is 0 Å². The summed E-state index contributed by atoms with van der Waals surface area (Å²) in [5.74, 6) is 0. The number of benzene rings is 11. The van der Waals surface area contributed by atoms with Gasteiger partial charge in [0.1, 0.15) is 0 Å². The van der Waals surface area contributed by atoms with Gasteiger partial charge in [0.15, 0.2) is 0 Å². The molecule has 0 heterocycles. The van der Waals surface area contributed by atoms with Crippen molar-refractivity contribution in [3.05, 3.63) is 306 Å². The molecule has 0 aliphatic heterocycles. The molecule has 454 valence electrons. The minimum Gasteiger partial charge on any atom is -0.344 e. The van der Waals surface area contributed by atoms with Crippen LogP contribution in [0.4, 0.5) is 0 Å². The van der Waals surface area contributed by atoms with Crippen LogP contribution >= 0.6 is 0 Å². The molecule has 11 aromatic rings. The molecule has 0 saturated carbocycles. The standard InChI is InChI=1S/C33H22.2C12H8.C8H6.10C2H6.2Y/c1-3-11-25-21-27(19-17-23(25)9-1)33(28-20-18-24-10-2-4-12-26(24)22-28)31-15-7-5-13-29(31)30-14-6-8-16-32(30)33;1-3-9-4-2-6-11-8-7-10(5-1)12(9)11;1-3-7-11(8-4-1)12-9-5-2-6-10-12;1-2-8-6-4-3-5-7-8;10*1-2;;/h1-22H;1-8H;1-7,9H;1-6H;10*1-2H3;;/q;;2*-2;;;;;;;;;;;;. The molecular weight excluding hydrogens is 1200 g/mol. The first-order valence-corrected chi connectivity index (χ1v) is 32.0. The van der Waals surface area contributed by atoms with Gasteiger partial charge in [0, 0.05) is 65.4 Å². The first kappa shape index (κ1) is 85.1. The van der Waals surface area contributed by atoms with Crippen LogP contribution in [0.15, 0.2) is 243 Å². The Labute approximate surface area is 582 Å². The molecule has 0 bridgehead atoms. The quantitative estimate of drug-likeness (QED) is 0.154. The summed E-state index contributed by atoms with van der Waals surface area (Å²) in [4.78, 5) is 0. The maximum absolute atomic E-state index is 5.19. The topological polar surface area (TPSA) is 0 Å². The molecule has 0 nitrogen and oxygen atoms in total. The van der Waals surface area contributed by atoms with Crippen LogP contribution in [-0.4, -0.2) is 0 Å². The fourth-order valence-electron chi connectivity index (χ4n) is 9.36. The van der Waals surface area contributed by atoms with Crippen molar-refractivity contribution in [3.8, 4) is 22.3 Å². The van der Waals surface area contributed by atoms with E-state index in [4.69, 9.17) is 6.58 Å². The van der Waals surface area contributed by atoms with Gasteiger partial charge in [-0.3, -0.25) is 0 Å². The Morgan fingerprint density at radius 2 is 0.621 bits per heavy atom. The van der Waals surface area contributed by atoms with Crippen LogP contribution in [0.2, 0.25) is 0 Å². The van der Waals surface area contributed by atoms with Crippen LogP contribution in [0.25, 0.3) is 72.8 Å². The van der Waals surface area contributed by atoms with Crippen molar-refractivity contribution in [1.29, 1.82) is 0 Å². The van der Waals surface area contributed by atoms with Gasteiger partial charge in [0.05, 0.1) is 5.41 Å². The second-order valence-corrected chi connectivity index (χ2v) is 16.1. The second-order valence-electron chi connectivity index (χ2n) is 16.1. The van der Waals surface area contributed by atoms with E-state index in [1.54, 1.807) is 0 Å². The smallest absolute Gasteiger partial charge is 0.0714 e. The van der Waals surface area contributed by atoms with Crippen LogP contribution in [0.1, 0.15) is 177 Å². The van der Waals surface area contributed by atoms with E-state index in [1.165, 1.54) is 82.9 Å². The van der Waals surface area contributed by atoms with Crippen molar-refractivity contribution >= 4 is 50.5 Å². The molecule has 0 N–H and O–H groups in total. The van der Waals surface area contributed by atoms with Gasteiger partial charge in [-0.05, 0) is 89.0 Å². The molecule has 2 aliphatic carbocycles. The molecule has 0 unspecified atom stereocenters. The molecule has 2 radical (unpaired) electrons. The molecule has 87 heavy (non-hydrogen) atoms. The summed E-state index contributed by atoms with van der Waals surface area (Å²) in [6, 6.07) is 94.7. The van der Waals surface area contributed by atoms with Crippen LogP contribution in [0, 0.1) is 24.8 Å². The minimum absolute atomic E-state index is 0. The van der Waals surface area contributed by atoms with E-state index in [1.807, 2.05) is 211 Å². The Bertz CT molecular complexity index is 3240. The predicted molar refractivity (Wildman–Crippen MR) is 389 cm³/mol. The minimum atomic E-state index is -0.360. The van der Waals surface area contributed by atoms with Crippen molar-refractivity contribution in [3.63, 3.8) is 0 Å². The molecule has 13 rings (SSSR count). The monoisotopic (exact) mass is 1300 g/mol. The van der Waals surface area contributed by atoms with Crippen molar-refractivity contribution in [2.24, 2.45) is 0 Å². The molecule has 2 heteroatoms. The van der Waals surface area contributed by atoms with Gasteiger partial charge in [0.25, 0.3) is 0 Å². The van der Waals surface area contributed by atoms with Gasteiger partial charge in [-0.15, -0.1) is 18.2 Å². The van der Waals surface area contributed by atoms with E-state index in [9.17, 15) is 0 Å². The first-order chi connectivity index (χ1) is 42.2. The Hall–Kier alpha value is -6.11. The molecule has 2 aliphatic rings. The average Bonchev–Trinajstić information content (AvgIpc) is 1.59. The Balaban J connectivity index is -0.00000109. The predicted octanol–water partition coefficient (Wildman–Crippen LogP) is 26.8. The Kier molecular flexibility index (Phi) is 51.8. The zero-order chi connectivity index (χ0) is 63.8. The summed E-state index contributed by atoms with van der Waals surface area (Å²) in [5.41, 5.74) is 13.5. The zero-order valence-corrected chi connectivity index (χ0v) is 62.7. The van der Waals surface area contributed by atoms with Crippen molar-refractivity contribution < 1.29 is 65.4 Å². The number of fused-ring (bicyclic) bond motifs is 5. The summed E-state index contributed by atoms with van der Waals surface area (Å²) >= 11 is 0. The maximum Gasteiger partial charge on any atom is 0.0714 e. The molecule has 0 saturated heterocycles. The summed E-state index contributed by atoms with van der Waals surface area (Å²) in [6.45, 7) is 45.2. The molecule has 0 atom stereocenters. The van der Waals surface area contributed by atoms with Crippen molar-refractivity contribution in [2.75, 3.05) is 0 Å². The van der Waals surface area contributed by atoms with Gasteiger partial charge < -0.3 is 18.2 Å². The summed E-state index contributed by atoms with van der Waals surface area (Å²) in [6.07, 6.45) is 5.88. The fourth-order valence-corrected chi connectivity index (χ4v) is 9.36. The summed E-state index contributed by atoms with van der Waals surface area (Å²) < 4.78 is 0. The second kappa shape index (κ2) is 53.0. The number of rotatable bonds is 4. The fraction of sp³-hybridized carbons (Fsp3) is 0.247. The van der Waals surface area contributed by atoms with E-state index >= 15 is 0 Å². The van der Waals surface area contributed by atoms with E-state index < -0.39 is 0 Å². The largest absolute Gasteiger partial charge is 0.344 e. The third-order valence-electron chi connectivity index (χ3n) is 12.3. The van der Waals surface area contributed by atoms with E-state index in [-0.39, 0.29) is 70.8 Å². The van der Waals surface area contributed by atoms with Crippen LogP contribution < -0.4 is 0 Å². The molecular formula is C85H104Y2-4. The molecule has 0 fully saturated rings. The normalized spacial score (nSPS) is 9.75. The SMILES string of the molecule is C1=Cc2cccc3cccc1c23.CC.CC.CC.CC.CC.CC.CC.CC.CC.CC.[CH-]=Cc1[c-]cccc1.[Y].[Y].[c-]1ccccc1-c1[c-]cccc1.c1ccc2c(c1)-c1ccccc1C2(c1ccc2ccccc2c1)c1ccc2ccccc2c1. The molecule has 0 aromatic heterocycles. The van der Waals surface area contributed by atoms with E-state index in [2.05, 4.69) is 200 Å². The maximum atomic E-state index is 5.19. The average molecular weight is 1300 g/mol.